The molecule has 4 heteroatoms. The van der Waals surface area contributed by atoms with Gasteiger partial charge in [-0.25, -0.2) is 0 Å². The van der Waals surface area contributed by atoms with Crippen LogP contribution in [0, 0.1) is 23.2 Å². The van der Waals surface area contributed by atoms with Crippen LogP contribution in [0.3, 0.4) is 0 Å². The van der Waals surface area contributed by atoms with Crippen molar-refractivity contribution in [3.8, 4) is 17.5 Å². The third kappa shape index (κ3) is 2.87. The van der Waals surface area contributed by atoms with Crippen LogP contribution < -0.4 is 4.90 Å². The molecule has 2 unspecified atom stereocenters. The van der Waals surface area contributed by atoms with Crippen molar-refractivity contribution in [2.75, 3.05) is 18.0 Å². The largest absolute Gasteiger partial charge is 0.419 e. The number of benzene rings is 2. The second-order valence-electron chi connectivity index (χ2n) is 7.16. The number of rotatable bonds is 2. The first-order valence-electron chi connectivity index (χ1n) is 8.79. The Morgan fingerprint density at radius 1 is 1.08 bits per heavy atom. The maximum absolute atomic E-state index is 9.56. The van der Waals surface area contributed by atoms with Crippen molar-refractivity contribution < 1.29 is 4.42 Å². The molecule has 25 heavy (non-hydrogen) atoms. The van der Waals surface area contributed by atoms with E-state index in [0.29, 0.717) is 29.3 Å². The molecule has 4 nitrogen and oxygen atoms in total. The maximum Gasteiger partial charge on any atom is 0.235 e. The monoisotopic (exact) mass is 331 g/mol. The van der Waals surface area contributed by atoms with Crippen LogP contribution in [0.1, 0.15) is 26.0 Å². The highest BCUT2D eigenvalue weighted by Crippen LogP contribution is 2.34. The van der Waals surface area contributed by atoms with E-state index < -0.39 is 0 Å². The van der Waals surface area contributed by atoms with Gasteiger partial charge in [0.05, 0.1) is 0 Å². The van der Waals surface area contributed by atoms with Gasteiger partial charge in [-0.2, -0.15) is 10.2 Å². The van der Waals surface area contributed by atoms with Crippen molar-refractivity contribution in [1.29, 1.82) is 5.26 Å². The van der Waals surface area contributed by atoms with Gasteiger partial charge < -0.3 is 9.32 Å². The summed E-state index contributed by atoms with van der Waals surface area (Å²) in [6.45, 7) is 6.31. The van der Waals surface area contributed by atoms with Crippen molar-refractivity contribution in [1.82, 2.24) is 4.98 Å². The molecule has 1 aromatic heterocycles. The van der Waals surface area contributed by atoms with Crippen LogP contribution in [0.25, 0.3) is 22.2 Å². The summed E-state index contributed by atoms with van der Waals surface area (Å²) in [7, 11) is 0. The molecule has 2 aromatic carbocycles. The lowest BCUT2D eigenvalue weighted by molar-refractivity contribution is 0.344. The van der Waals surface area contributed by atoms with Crippen molar-refractivity contribution in [3.05, 3.63) is 48.2 Å². The first-order chi connectivity index (χ1) is 12.2. The predicted molar refractivity (Wildman–Crippen MR) is 99.3 cm³/mol. The third-order valence-corrected chi connectivity index (χ3v) is 4.89. The minimum atomic E-state index is 0.379. The zero-order chi connectivity index (χ0) is 17.4. The molecule has 2 heterocycles. The van der Waals surface area contributed by atoms with E-state index in [2.05, 4.69) is 48.0 Å². The minimum absolute atomic E-state index is 0.379. The van der Waals surface area contributed by atoms with Crippen LogP contribution in [0.5, 0.6) is 0 Å². The first-order valence-corrected chi connectivity index (χ1v) is 8.79. The summed E-state index contributed by atoms with van der Waals surface area (Å²) in [5.74, 6) is 2.31. The van der Waals surface area contributed by atoms with Gasteiger partial charge in [0.25, 0.3) is 0 Å². The number of piperidine rings is 1. The van der Waals surface area contributed by atoms with E-state index in [4.69, 9.17) is 4.42 Å². The van der Waals surface area contributed by atoms with Gasteiger partial charge in [-0.05, 0) is 35.1 Å². The summed E-state index contributed by atoms with van der Waals surface area (Å²) >= 11 is 0. The SMILES string of the molecule is CC1CC(C)CN(c2oc(-c3cccc4ccccc34)nc2C#N)C1. The lowest BCUT2D eigenvalue weighted by atomic mass is 9.92. The molecule has 3 aromatic rings. The van der Waals surface area contributed by atoms with Crippen LogP contribution in [-0.2, 0) is 0 Å². The Kier molecular flexibility index (Phi) is 3.93. The number of nitriles is 1. The summed E-state index contributed by atoms with van der Waals surface area (Å²) < 4.78 is 6.13. The second kappa shape index (κ2) is 6.25. The lowest BCUT2D eigenvalue weighted by Crippen LogP contribution is -2.38. The summed E-state index contributed by atoms with van der Waals surface area (Å²) in [5.41, 5.74) is 1.31. The number of aromatic nitrogens is 1. The maximum atomic E-state index is 9.56. The zero-order valence-electron chi connectivity index (χ0n) is 14.6. The average Bonchev–Trinajstić information content (AvgIpc) is 3.04. The third-order valence-electron chi connectivity index (χ3n) is 4.89. The van der Waals surface area contributed by atoms with Crippen molar-refractivity contribution >= 4 is 16.7 Å². The van der Waals surface area contributed by atoms with E-state index in [0.717, 1.165) is 29.4 Å². The molecular formula is C21H21N3O. The number of hydrogen-bond donors (Lipinski definition) is 0. The van der Waals surface area contributed by atoms with Crippen molar-refractivity contribution in [2.45, 2.75) is 20.3 Å². The number of anilines is 1. The molecule has 2 atom stereocenters. The van der Waals surface area contributed by atoms with Crippen LogP contribution in [-0.4, -0.2) is 18.1 Å². The van der Waals surface area contributed by atoms with Gasteiger partial charge in [-0.15, -0.1) is 0 Å². The smallest absolute Gasteiger partial charge is 0.235 e. The Hall–Kier alpha value is -2.80. The van der Waals surface area contributed by atoms with Gasteiger partial charge >= 0.3 is 0 Å². The van der Waals surface area contributed by atoms with Crippen LogP contribution in [0.2, 0.25) is 0 Å². The molecule has 0 amide bonds. The number of nitrogens with zero attached hydrogens (tertiary/aromatic N) is 3. The van der Waals surface area contributed by atoms with Gasteiger partial charge in [0.15, 0.2) is 0 Å². The summed E-state index contributed by atoms with van der Waals surface area (Å²) in [6.07, 6.45) is 1.21. The van der Waals surface area contributed by atoms with E-state index >= 15 is 0 Å². The Labute approximate surface area is 147 Å². The molecular weight excluding hydrogens is 310 g/mol. The fourth-order valence-corrected chi connectivity index (χ4v) is 3.96. The molecule has 4 rings (SSSR count). The second-order valence-corrected chi connectivity index (χ2v) is 7.16. The quantitative estimate of drug-likeness (QED) is 0.673. The highest BCUT2D eigenvalue weighted by Gasteiger charge is 2.28. The molecule has 0 radical (unpaired) electrons. The van der Waals surface area contributed by atoms with E-state index in [1.807, 2.05) is 24.3 Å². The highest BCUT2D eigenvalue weighted by atomic mass is 16.4. The normalized spacial score (nSPS) is 20.6. The fourth-order valence-electron chi connectivity index (χ4n) is 3.96. The Morgan fingerprint density at radius 3 is 2.56 bits per heavy atom. The van der Waals surface area contributed by atoms with Gasteiger partial charge in [-0.3, -0.25) is 0 Å². The lowest BCUT2D eigenvalue weighted by Gasteiger charge is -2.34. The van der Waals surface area contributed by atoms with Gasteiger partial charge in [0, 0.05) is 18.7 Å². The summed E-state index contributed by atoms with van der Waals surface area (Å²) in [4.78, 5) is 6.68. The standard InChI is InChI=1S/C21H21N3O/c1-14-10-15(2)13-24(12-14)21-19(11-22)23-20(25-21)18-9-5-7-16-6-3-4-8-17(16)18/h3-9,14-15H,10,12-13H2,1-2H3. The van der Waals surface area contributed by atoms with E-state index in [9.17, 15) is 5.26 Å². The zero-order valence-corrected chi connectivity index (χ0v) is 14.6. The predicted octanol–water partition coefficient (Wildman–Crippen LogP) is 4.85. The number of oxazole rings is 1. The van der Waals surface area contributed by atoms with Gasteiger partial charge in [0.2, 0.25) is 17.5 Å². The Bertz CT molecular complexity index is 938. The molecule has 0 saturated carbocycles. The fraction of sp³-hybridized carbons (Fsp3) is 0.333. The van der Waals surface area contributed by atoms with Crippen LogP contribution >= 0.6 is 0 Å². The molecule has 1 aliphatic rings. The average molecular weight is 331 g/mol. The molecule has 1 aliphatic heterocycles. The highest BCUT2D eigenvalue weighted by molar-refractivity contribution is 5.94. The molecule has 1 saturated heterocycles. The van der Waals surface area contributed by atoms with E-state index in [1.54, 1.807) is 0 Å². The molecule has 0 bridgehead atoms. The Morgan fingerprint density at radius 2 is 1.80 bits per heavy atom. The van der Waals surface area contributed by atoms with Crippen LogP contribution in [0.15, 0.2) is 46.9 Å². The molecule has 0 aliphatic carbocycles. The summed E-state index contributed by atoms with van der Waals surface area (Å²) in [5, 5.41) is 11.8. The molecule has 126 valence electrons. The van der Waals surface area contributed by atoms with Crippen LogP contribution in [0.4, 0.5) is 5.88 Å². The number of fused-ring (bicyclic) bond motifs is 1. The van der Waals surface area contributed by atoms with E-state index in [-0.39, 0.29) is 0 Å². The minimum Gasteiger partial charge on any atom is -0.419 e. The van der Waals surface area contributed by atoms with Crippen molar-refractivity contribution in [3.63, 3.8) is 0 Å². The number of hydrogen-bond acceptors (Lipinski definition) is 4. The molecule has 1 fully saturated rings. The Balaban J connectivity index is 1.80. The molecule has 0 spiro atoms. The van der Waals surface area contributed by atoms with Gasteiger partial charge in [-0.1, -0.05) is 50.2 Å². The first kappa shape index (κ1) is 15.7. The topological polar surface area (TPSA) is 53.1 Å². The summed E-state index contributed by atoms with van der Waals surface area (Å²) in [6, 6.07) is 16.4. The van der Waals surface area contributed by atoms with E-state index in [1.165, 1.54) is 6.42 Å². The van der Waals surface area contributed by atoms with Crippen molar-refractivity contribution in [2.24, 2.45) is 11.8 Å². The molecule has 0 N–H and O–H groups in total. The van der Waals surface area contributed by atoms with Gasteiger partial charge in [0.1, 0.15) is 6.07 Å².